The summed E-state index contributed by atoms with van der Waals surface area (Å²) in [6, 6.07) is 0. The summed E-state index contributed by atoms with van der Waals surface area (Å²) in [6.07, 6.45) is 14.7. The van der Waals surface area contributed by atoms with Gasteiger partial charge in [-0.25, -0.2) is 0 Å². The summed E-state index contributed by atoms with van der Waals surface area (Å²) in [5, 5.41) is 0. The van der Waals surface area contributed by atoms with E-state index in [2.05, 4.69) is 27.7 Å². The molecule has 0 radical (unpaired) electrons. The molecule has 2 fully saturated rings. The topological polar surface area (TPSA) is 0 Å². The molecule has 0 saturated heterocycles. The average Bonchev–Trinajstić information content (AvgIpc) is 2.96. The molecule has 0 heterocycles. The second-order valence-electron chi connectivity index (χ2n) is 5.76. The average molecular weight is 226 g/mol. The van der Waals surface area contributed by atoms with E-state index in [0.29, 0.717) is 0 Å². The second kappa shape index (κ2) is 11.5. The van der Waals surface area contributed by atoms with Gasteiger partial charge in [-0.1, -0.05) is 91.9 Å². The third-order valence-electron chi connectivity index (χ3n) is 3.59. The van der Waals surface area contributed by atoms with Crippen molar-refractivity contribution in [2.75, 3.05) is 0 Å². The van der Waals surface area contributed by atoms with Gasteiger partial charge in [0.05, 0.1) is 0 Å². The van der Waals surface area contributed by atoms with E-state index in [1.54, 1.807) is 0 Å². The van der Waals surface area contributed by atoms with Crippen molar-refractivity contribution in [3.63, 3.8) is 0 Å². The second-order valence-corrected chi connectivity index (χ2v) is 5.76. The van der Waals surface area contributed by atoms with Gasteiger partial charge in [0.2, 0.25) is 0 Å². The molecule has 0 aromatic heterocycles. The van der Waals surface area contributed by atoms with E-state index in [9.17, 15) is 0 Å². The lowest BCUT2D eigenvalue weighted by atomic mass is 9.95. The summed E-state index contributed by atoms with van der Waals surface area (Å²) >= 11 is 0. The summed E-state index contributed by atoms with van der Waals surface area (Å²) in [7, 11) is 0. The molecular formula is C16H34. The van der Waals surface area contributed by atoms with E-state index < -0.39 is 0 Å². The fraction of sp³-hybridized carbons (Fsp3) is 1.00. The number of rotatable bonds is 1. The van der Waals surface area contributed by atoms with Gasteiger partial charge < -0.3 is 0 Å². The third-order valence-corrected chi connectivity index (χ3v) is 3.59. The van der Waals surface area contributed by atoms with Crippen LogP contribution in [-0.4, -0.2) is 0 Å². The van der Waals surface area contributed by atoms with E-state index in [0.717, 1.165) is 11.8 Å². The van der Waals surface area contributed by atoms with Crippen molar-refractivity contribution in [1.29, 1.82) is 0 Å². The molecule has 0 heteroatoms. The standard InChI is InChI=1S/C8H16.C5H10.C3H8/c1-7(2)8-5-3-4-6-8;1-2-4-5-3-1;1-3-2/h7-8H,3-6H2,1-2H3;1-5H2;3H2,1-2H3. The van der Waals surface area contributed by atoms with Crippen LogP contribution in [0.5, 0.6) is 0 Å². The SMILES string of the molecule is C1CCCC1.CC(C)C1CCCC1.CCC. The largest absolute Gasteiger partial charge is 0.0656 e. The lowest BCUT2D eigenvalue weighted by Crippen LogP contribution is -2.01. The van der Waals surface area contributed by atoms with Crippen LogP contribution in [0.3, 0.4) is 0 Å². The number of hydrogen-bond donors (Lipinski definition) is 0. The lowest BCUT2D eigenvalue weighted by molar-refractivity contribution is 0.396. The zero-order valence-electron chi connectivity index (χ0n) is 12.2. The fourth-order valence-corrected chi connectivity index (χ4v) is 2.51. The first-order chi connectivity index (χ1) is 7.72. The van der Waals surface area contributed by atoms with Crippen LogP contribution >= 0.6 is 0 Å². The minimum absolute atomic E-state index is 0.942. The van der Waals surface area contributed by atoms with Gasteiger partial charge in [0.15, 0.2) is 0 Å². The molecule has 0 aliphatic heterocycles. The highest BCUT2D eigenvalue weighted by molar-refractivity contribution is 4.69. The Morgan fingerprint density at radius 3 is 1.25 bits per heavy atom. The lowest BCUT2D eigenvalue weighted by Gasteiger charge is -2.11. The molecule has 98 valence electrons. The Balaban J connectivity index is 0.000000241. The molecule has 0 nitrogen and oxygen atoms in total. The first-order valence-electron chi connectivity index (χ1n) is 7.72. The predicted molar refractivity (Wildman–Crippen MR) is 75.8 cm³/mol. The highest BCUT2D eigenvalue weighted by Crippen LogP contribution is 2.30. The zero-order chi connectivity index (χ0) is 12.2. The highest BCUT2D eigenvalue weighted by Gasteiger charge is 2.17. The minimum Gasteiger partial charge on any atom is -0.0656 e. The Labute approximate surface area is 104 Å². The van der Waals surface area contributed by atoms with Crippen LogP contribution in [0.2, 0.25) is 0 Å². The normalized spacial score (nSPS) is 20.1. The smallest absolute Gasteiger partial charge is 0.0391 e. The van der Waals surface area contributed by atoms with Crippen molar-refractivity contribution < 1.29 is 0 Å². The summed E-state index contributed by atoms with van der Waals surface area (Å²) in [5.74, 6) is 2.01. The van der Waals surface area contributed by atoms with Gasteiger partial charge in [0.1, 0.15) is 0 Å². The molecule has 0 aromatic carbocycles. The highest BCUT2D eigenvalue weighted by atomic mass is 14.2. The van der Waals surface area contributed by atoms with Crippen LogP contribution in [0.4, 0.5) is 0 Å². The number of hydrogen-bond acceptors (Lipinski definition) is 0. The summed E-state index contributed by atoms with van der Waals surface area (Å²) in [6.45, 7) is 8.94. The summed E-state index contributed by atoms with van der Waals surface area (Å²) < 4.78 is 0. The molecule has 0 atom stereocenters. The van der Waals surface area contributed by atoms with Gasteiger partial charge >= 0.3 is 0 Å². The Hall–Kier alpha value is 0. The molecule has 0 aromatic rings. The van der Waals surface area contributed by atoms with Crippen molar-refractivity contribution in [3.05, 3.63) is 0 Å². The molecule has 16 heavy (non-hydrogen) atoms. The van der Waals surface area contributed by atoms with Crippen LogP contribution in [-0.2, 0) is 0 Å². The maximum Gasteiger partial charge on any atom is -0.0391 e. The molecule has 0 unspecified atom stereocenters. The molecule has 0 N–H and O–H groups in total. The summed E-state index contributed by atoms with van der Waals surface area (Å²) in [5.41, 5.74) is 0. The van der Waals surface area contributed by atoms with Crippen LogP contribution in [0, 0.1) is 11.8 Å². The van der Waals surface area contributed by atoms with Crippen molar-refractivity contribution in [2.24, 2.45) is 11.8 Å². The Bertz CT molecular complexity index is 108. The monoisotopic (exact) mass is 226 g/mol. The maximum atomic E-state index is 2.34. The van der Waals surface area contributed by atoms with Crippen molar-refractivity contribution in [1.82, 2.24) is 0 Å². The van der Waals surface area contributed by atoms with Crippen molar-refractivity contribution in [3.8, 4) is 0 Å². The molecule has 2 aliphatic rings. The van der Waals surface area contributed by atoms with Gasteiger partial charge in [-0.05, 0) is 11.8 Å². The molecule has 0 bridgehead atoms. The van der Waals surface area contributed by atoms with Gasteiger partial charge in [-0.2, -0.15) is 0 Å². The molecule has 0 spiro atoms. The van der Waals surface area contributed by atoms with Gasteiger partial charge in [0.25, 0.3) is 0 Å². The summed E-state index contributed by atoms with van der Waals surface area (Å²) in [4.78, 5) is 0. The first kappa shape index (κ1) is 16.0. The van der Waals surface area contributed by atoms with E-state index in [1.807, 2.05) is 0 Å². The quantitative estimate of drug-likeness (QED) is 0.499. The Kier molecular flexibility index (Phi) is 11.5. The van der Waals surface area contributed by atoms with Crippen LogP contribution in [0.1, 0.15) is 91.9 Å². The zero-order valence-corrected chi connectivity index (χ0v) is 12.2. The van der Waals surface area contributed by atoms with E-state index in [-0.39, 0.29) is 0 Å². The molecule has 2 rings (SSSR count). The van der Waals surface area contributed by atoms with E-state index in [1.165, 1.54) is 64.2 Å². The van der Waals surface area contributed by atoms with Gasteiger partial charge in [-0.3, -0.25) is 0 Å². The van der Waals surface area contributed by atoms with Crippen LogP contribution < -0.4 is 0 Å². The van der Waals surface area contributed by atoms with Crippen LogP contribution in [0.25, 0.3) is 0 Å². The van der Waals surface area contributed by atoms with Crippen molar-refractivity contribution >= 4 is 0 Å². The van der Waals surface area contributed by atoms with E-state index >= 15 is 0 Å². The fourth-order valence-electron chi connectivity index (χ4n) is 2.51. The minimum atomic E-state index is 0.942. The van der Waals surface area contributed by atoms with Gasteiger partial charge in [0, 0.05) is 0 Å². The van der Waals surface area contributed by atoms with Gasteiger partial charge in [-0.15, -0.1) is 0 Å². The predicted octanol–water partition coefficient (Wildman–Crippen LogP) is 6.20. The molecule has 2 saturated carbocycles. The first-order valence-corrected chi connectivity index (χ1v) is 7.72. The maximum absolute atomic E-state index is 2.34. The third kappa shape index (κ3) is 9.24. The van der Waals surface area contributed by atoms with Crippen molar-refractivity contribution in [2.45, 2.75) is 91.9 Å². The molecular weight excluding hydrogens is 192 g/mol. The molecule has 2 aliphatic carbocycles. The Morgan fingerprint density at radius 1 is 0.750 bits per heavy atom. The molecule has 0 amide bonds. The van der Waals surface area contributed by atoms with E-state index in [4.69, 9.17) is 0 Å². The Morgan fingerprint density at radius 2 is 1.06 bits per heavy atom. The van der Waals surface area contributed by atoms with Crippen LogP contribution in [0.15, 0.2) is 0 Å².